The first kappa shape index (κ1) is 12.1. The summed E-state index contributed by atoms with van der Waals surface area (Å²) in [6.45, 7) is 1.41. The average Bonchev–Trinajstić information content (AvgIpc) is 2.35. The van der Waals surface area contributed by atoms with Gasteiger partial charge in [-0.1, -0.05) is 0 Å². The molecular weight excluding hydrogens is 228 g/mol. The molecule has 2 rings (SSSR count). The lowest BCUT2D eigenvalue weighted by atomic mass is 9.90. The van der Waals surface area contributed by atoms with Crippen LogP contribution in [0.2, 0.25) is 0 Å². The Kier molecular flexibility index (Phi) is 3.47. The van der Waals surface area contributed by atoms with E-state index >= 15 is 0 Å². The fraction of sp³-hybridized carbons (Fsp3) is 0.500. The van der Waals surface area contributed by atoms with Crippen LogP contribution in [0, 0.1) is 11.6 Å². The van der Waals surface area contributed by atoms with Gasteiger partial charge in [0.05, 0.1) is 7.11 Å². The number of piperidine rings is 1. The molecule has 0 radical (unpaired) electrons. The number of benzene rings is 1. The maximum atomic E-state index is 13.7. The van der Waals surface area contributed by atoms with Crippen LogP contribution in [0.15, 0.2) is 6.07 Å². The number of rotatable bonds is 2. The number of hydrogen-bond acceptors (Lipinski definition) is 3. The first-order valence-corrected chi connectivity index (χ1v) is 5.60. The fourth-order valence-electron chi connectivity index (χ4n) is 2.24. The number of hydrogen-bond donors (Lipinski definition) is 2. The summed E-state index contributed by atoms with van der Waals surface area (Å²) in [4.78, 5) is 0. The van der Waals surface area contributed by atoms with Gasteiger partial charge in [0.15, 0.2) is 23.1 Å². The number of phenolic OH excluding ortho intramolecular Hbond substituents is 1. The fourth-order valence-corrected chi connectivity index (χ4v) is 2.24. The van der Waals surface area contributed by atoms with E-state index in [2.05, 4.69) is 5.32 Å². The molecule has 1 unspecified atom stereocenters. The van der Waals surface area contributed by atoms with Crippen molar-refractivity contribution in [2.45, 2.75) is 18.8 Å². The molecule has 0 spiro atoms. The second-order valence-electron chi connectivity index (χ2n) is 4.18. The van der Waals surface area contributed by atoms with Crippen LogP contribution < -0.4 is 10.1 Å². The minimum atomic E-state index is -0.986. The Balaban J connectivity index is 2.46. The van der Waals surface area contributed by atoms with Gasteiger partial charge in [-0.15, -0.1) is 0 Å². The van der Waals surface area contributed by atoms with E-state index in [4.69, 9.17) is 4.74 Å². The molecule has 1 aliphatic rings. The largest absolute Gasteiger partial charge is 0.504 e. The number of aromatic hydroxyl groups is 1. The third-order valence-corrected chi connectivity index (χ3v) is 3.12. The SMILES string of the molecule is COc1cc(F)c(F)c(C2CCCNC2)c1O. The van der Waals surface area contributed by atoms with Crippen molar-refractivity contribution >= 4 is 0 Å². The normalized spacial score (nSPS) is 20.3. The van der Waals surface area contributed by atoms with E-state index in [0.29, 0.717) is 6.54 Å². The molecular formula is C12H15F2NO2. The summed E-state index contributed by atoms with van der Waals surface area (Å²) < 4.78 is 32.0. The molecule has 1 aliphatic heterocycles. The minimum absolute atomic E-state index is 0.0223. The van der Waals surface area contributed by atoms with E-state index < -0.39 is 11.6 Å². The maximum absolute atomic E-state index is 13.7. The summed E-state index contributed by atoms with van der Waals surface area (Å²) in [5.74, 6) is -2.49. The zero-order valence-electron chi connectivity index (χ0n) is 9.59. The van der Waals surface area contributed by atoms with E-state index in [-0.39, 0.29) is 23.0 Å². The van der Waals surface area contributed by atoms with Gasteiger partial charge in [-0.2, -0.15) is 0 Å². The number of nitrogens with one attached hydrogen (secondary N) is 1. The van der Waals surface area contributed by atoms with Crippen LogP contribution >= 0.6 is 0 Å². The van der Waals surface area contributed by atoms with Crippen molar-refractivity contribution in [3.8, 4) is 11.5 Å². The molecule has 0 aliphatic carbocycles. The molecule has 0 aromatic heterocycles. The molecule has 0 saturated carbocycles. The van der Waals surface area contributed by atoms with E-state index in [9.17, 15) is 13.9 Å². The molecule has 3 nitrogen and oxygen atoms in total. The van der Waals surface area contributed by atoms with Crippen molar-refractivity contribution < 1.29 is 18.6 Å². The van der Waals surface area contributed by atoms with Crippen molar-refractivity contribution in [2.75, 3.05) is 20.2 Å². The van der Waals surface area contributed by atoms with Gasteiger partial charge < -0.3 is 15.2 Å². The highest BCUT2D eigenvalue weighted by atomic mass is 19.2. The number of phenols is 1. The quantitative estimate of drug-likeness (QED) is 0.836. The van der Waals surface area contributed by atoms with Gasteiger partial charge in [0.1, 0.15) is 0 Å². The van der Waals surface area contributed by atoms with Crippen molar-refractivity contribution in [1.29, 1.82) is 0 Å². The standard InChI is InChI=1S/C12H15F2NO2/c1-17-9-5-8(13)11(14)10(12(9)16)7-3-2-4-15-6-7/h5,7,15-16H,2-4,6H2,1H3. The van der Waals surface area contributed by atoms with Crippen LogP contribution in [0.1, 0.15) is 24.3 Å². The molecule has 0 amide bonds. The molecule has 1 fully saturated rings. The Morgan fingerprint density at radius 3 is 2.82 bits per heavy atom. The molecule has 1 heterocycles. The summed E-state index contributed by atoms with van der Waals surface area (Å²) >= 11 is 0. The molecule has 2 N–H and O–H groups in total. The van der Waals surface area contributed by atoms with Crippen molar-refractivity contribution in [1.82, 2.24) is 5.32 Å². The second-order valence-corrected chi connectivity index (χ2v) is 4.18. The van der Waals surface area contributed by atoms with E-state index in [0.717, 1.165) is 25.5 Å². The zero-order valence-corrected chi connectivity index (χ0v) is 9.59. The van der Waals surface area contributed by atoms with Gasteiger partial charge in [-0.25, -0.2) is 8.78 Å². The molecule has 1 saturated heterocycles. The summed E-state index contributed by atoms with van der Waals surface area (Å²) in [5, 5.41) is 13.0. The summed E-state index contributed by atoms with van der Waals surface area (Å²) in [6.07, 6.45) is 1.60. The Hall–Kier alpha value is -1.36. The molecule has 1 atom stereocenters. The molecule has 0 bridgehead atoms. The van der Waals surface area contributed by atoms with E-state index in [1.54, 1.807) is 0 Å². The molecule has 5 heteroatoms. The Bertz CT molecular complexity index is 417. The van der Waals surface area contributed by atoms with E-state index in [1.807, 2.05) is 0 Å². The van der Waals surface area contributed by atoms with Gasteiger partial charge in [0, 0.05) is 24.1 Å². The average molecular weight is 243 g/mol. The molecule has 94 valence electrons. The van der Waals surface area contributed by atoms with Crippen molar-refractivity contribution in [3.05, 3.63) is 23.3 Å². The van der Waals surface area contributed by atoms with Crippen LogP contribution in [-0.2, 0) is 0 Å². The first-order chi connectivity index (χ1) is 8.15. The summed E-state index contributed by atoms with van der Waals surface area (Å²) in [6, 6.07) is 0.865. The Morgan fingerprint density at radius 1 is 1.47 bits per heavy atom. The van der Waals surface area contributed by atoms with Gasteiger partial charge in [-0.05, 0) is 19.4 Å². The lowest BCUT2D eigenvalue weighted by Crippen LogP contribution is -2.29. The molecule has 1 aromatic rings. The highest BCUT2D eigenvalue weighted by molar-refractivity contribution is 5.48. The lowest BCUT2D eigenvalue weighted by molar-refractivity contribution is 0.347. The highest BCUT2D eigenvalue weighted by Gasteiger charge is 2.26. The van der Waals surface area contributed by atoms with Crippen LogP contribution in [0.4, 0.5) is 8.78 Å². The smallest absolute Gasteiger partial charge is 0.166 e. The zero-order chi connectivity index (χ0) is 12.4. The van der Waals surface area contributed by atoms with Crippen LogP contribution in [0.3, 0.4) is 0 Å². The number of halogens is 2. The van der Waals surface area contributed by atoms with Gasteiger partial charge in [-0.3, -0.25) is 0 Å². The topological polar surface area (TPSA) is 41.5 Å². The van der Waals surface area contributed by atoms with Gasteiger partial charge >= 0.3 is 0 Å². The van der Waals surface area contributed by atoms with E-state index in [1.165, 1.54) is 7.11 Å². The van der Waals surface area contributed by atoms with Crippen LogP contribution in [0.5, 0.6) is 11.5 Å². The number of ether oxygens (including phenoxy) is 1. The predicted molar refractivity (Wildman–Crippen MR) is 59.4 cm³/mol. The monoisotopic (exact) mass is 243 g/mol. The van der Waals surface area contributed by atoms with Gasteiger partial charge in [0.2, 0.25) is 0 Å². The van der Waals surface area contributed by atoms with Gasteiger partial charge in [0.25, 0.3) is 0 Å². The van der Waals surface area contributed by atoms with Crippen molar-refractivity contribution in [2.24, 2.45) is 0 Å². The first-order valence-electron chi connectivity index (χ1n) is 5.60. The second kappa shape index (κ2) is 4.87. The number of methoxy groups -OCH3 is 1. The maximum Gasteiger partial charge on any atom is 0.166 e. The lowest BCUT2D eigenvalue weighted by Gasteiger charge is -2.24. The molecule has 17 heavy (non-hydrogen) atoms. The third kappa shape index (κ3) is 2.20. The summed E-state index contributed by atoms with van der Waals surface area (Å²) in [5.41, 5.74) is 0.0223. The Morgan fingerprint density at radius 2 is 2.24 bits per heavy atom. The third-order valence-electron chi connectivity index (χ3n) is 3.12. The summed E-state index contributed by atoms with van der Waals surface area (Å²) in [7, 11) is 1.31. The molecule has 1 aromatic carbocycles. The van der Waals surface area contributed by atoms with Crippen LogP contribution in [-0.4, -0.2) is 25.3 Å². The van der Waals surface area contributed by atoms with Crippen LogP contribution in [0.25, 0.3) is 0 Å². The Labute approximate surface area is 98.4 Å². The van der Waals surface area contributed by atoms with Crippen molar-refractivity contribution in [3.63, 3.8) is 0 Å². The minimum Gasteiger partial charge on any atom is -0.504 e. The highest BCUT2D eigenvalue weighted by Crippen LogP contribution is 2.40. The predicted octanol–water partition coefficient (Wildman–Crippen LogP) is 2.15.